The predicted octanol–water partition coefficient (Wildman–Crippen LogP) is 3.54. The Morgan fingerprint density at radius 2 is 1.86 bits per heavy atom. The molecule has 2 N–H and O–H groups in total. The van der Waals surface area contributed by atoms with E-state index >= 15 is 0 Å². The Balaban J connectivity index is 1.84. The Kier molecular flexibility index (Phi) is 2.83. The van der Waals surface area contributed by atoms with E-state index in [1.54, 1.807) is 0 Å². The van der Waals surface area contributed by atoms with Gasteiger partial charge in [-0.3, -0.25) is 4.90 Å². The van der Waals surface area contributed by atoms with Crippen molar-refractivity contribution in [2.24, 2.45) is 0 Å². The molecule has 0 fully saturated rings. The molecule has 4 rings (SSSR count). The van der Waals surface area contributed by atoms with E-state index < -0.39 is 0 Å². The Bertz CT molecular complexity index is 718. The van der Waals surface area contributed by atoms with Gasteiger partial charge in [-0.05, 0) is 60.1 Å². The first-order chi connectivity index (χ1) is 10.1. The lowest BCUT2D eigenvalue weighted by atomic mass is 9.81. The molecule has 2 aromatic rings. The van der Waals surface area contributed by atoms with Crippen LogP contribution in [0.2, 0.25) is 0 Å². The van der Waals surface area contributed by atoms with Crippen LogP contribution in [-0.4, -0.2) is 11.4 Å². The lowest BCUT2D eigenvalue weighted by molar-refractivity contribution is 0.161. The third-order valence-electron chi connectivity index (χ3n) is 5.37. The van der Waals surface area contributed by atoms with Crippen molar-refractivity contribution in [1.82, 2.24) is 4.90 Å². The van der Waals surface area contributed by atoms with Crippen molar-refractivity contribution >= 4 is 5.69 Å². The number of hydrogen-bond acceptors (Lipinski definition) is 2. The van der Waals surface area contributed by atoms with Crippen LogP contribution in [0.15, 0.2) is 30.3 Å². The fraction of sp³-hybridized carbons (Fsp3) is 0.368. The molecule has 2 heteroatoms. The first-order valence-corrected chi connectivity index (χ1v) is 7.84. The highest BCUT2D eigenvalue weighted by Crippen LogP contribution is 2.42. The van der Waals surface area contributed by atoms with E-state index in [0.717, 1.165) is 31.6 Å². The molecule has 2 heterocycles. The molecule has 0 saturated carbocycles. The summed E-state index contributed by atoms with van der Waals surface area (Å²) in [5, 5.41) is 0. The number of nitrogens with two attached hydrogens (primary N) is 1. The van der Waals surface area contributed by atoms with Crippen LogP contribution in [0.4, 0.5) is 5.69 Å². The first-order valence-electron chi connectivity index (χ1n) is 7.84. The lowest BCUT2D eigenvalue weighted by Crippen LogP contribution is -2.40. The standard InChI is InChI=1S/C19H22N2/c1-12-9-15-7-8-21-11-16-6-4-3-5-14(16)10-17(21)18(15)19(20)13(12)2/h3-6,9,17H,7-8,10-11,20H2,1-2H3. The average Bonchev–Trinajstić information content (AvgIpc) is 2.50. The molecule has 2 aliphatic heterocycles. The highest BCUT2D eigenvalue weighted by Gasteiger charge is 2.33. The van der Waals surface area contributed by atoms with Crippen LogP contribution < -0.4 is 5.73 Å². The van der Waals surface area contributed by atoms with Crippen LogP contribution in [0.3, 0.4) is 0 Å². The normalized spacial score (nSPS) is 20.6. The maximum atomic E-state index is 6.50. The number of nitrogens with zero attached hydrogens (tertiary/aromatic N) is 1. The van der Waals surface area contributed by atoms with Gasteiger partial charge >= 0.3 is 0 Å². The summed E-state index contributed by atoms with van der Waals surface area (Å²) in [5.41, 5.74) is 16.0. The predicted molar refractivity (Wildman–Crippen MR) is 87.3 cm³/mol. The quantitative estimate of drug-likeness (QED) is 0.747. The van der Waals surface area contributed by atoms with Crippen molar-refractivity contribution < 1.29 is 0 Å². The molecular weight excluding hydrogens is 256 g/mol. The fourth-order valence-corrected chi connectivity index (χ4v) is 4.00. The molecule has 0 aliphatic carbocycles. The van der Waals surface area contributed by atoms with Gasteiger partial charge in [0.05, 0.1) is 0 Å². The van der Waals surface area contributed by atoms with Crippen molar-refractivity contribution in [3.63, 3.8) is 0 Å². The van der Waals surface area contributed by atoms with Gasteiger partial charge in [-0.15, -0.1) is 0 Å². The monoisotopic (exact) mass is 278 g/mol. The van der Waals surface area contributed by atoms with Crippen LogP contribution >= 0.6 is 0 Å². The molecule has 0 spiro atoms. The summed E-state index contributed by atoms with van der Waals surface area (Å²) >= 11 is 0. The number of nitrogen functional groups attached to an aromatic ring is 1. The summed E-state index contributed by atoms with van der Waals surface area (Å²) < 4.78 is 0. The summed E-state index contributed by atoms with van der Waals surface area (Å²) in [5.74, 6) is 0. The minimum absolute atomic E-state index is 0.461. The zero-order valence-electron chi connectivity index (χ0n) is 12.8. The summed E-state index contributed by atoms with van der Waals surface area (Å²) in [6.07, 6.45) is 2.22. The van der Waals surface area contributed by atoms with Crippen molar-refractivity contribution in [3.8, 4) is 0 Å². The summed E-state index contributed by atoms with van der Waals surface area (Å²) in [6.45, 7) is 6.54. The molecule has 2 nitrogen and oxygen atoms in total. The molecule has 1 unspecified atom stereocenters. The molecule has 0 saturated heterocycles. The van der Waals surface area contributed by atoms with Gasteiger partial charge in [-0.25, -0.2) is 0 Å². The number of anilines is 1. The van der Waals surface area contributed by atoms with E-state index in [-0.39, 0.29) is 0 Å². The van der Waals surface area contributed by atoms with Crippen molar-refractivity contribution in [2.45, 2.75) is 39.3 Å². The first kappa shape index (κ1) is 12.9. The second-order valence-electron chi connectivity index (χ2n) is 6.51. The maximum absolute atomic E-state index is 6.50. The summed E-state index contributed by atoms with van der Waals surface area (Å²) in [4.78, 5) is 2.61. The van der Waals surface area contributed by atoms with Gasteiger partial charge in [-0.2, -0.15) is 0 Å². The lowest BCUT2D eigenvalue weighted by Gasteiger charge is -2.42. The molecular formula is C19H22N2. The van der Waals surface area contributed by atoms with E-state index in [1.807, 2.05) is 0 Å². The van der Waals surface area contributed by atoms with Gasteiger partial charge in [0, 0.05) is 24.8 Å². The van der Waals surface area contributed by atoms with E-state index in [4.69, 9.17) is 5.73 Å². The molecule has 108 valence electrons. The second-order valence-corrected chi connectivity index (χ2v) is 6.51. The van der Waals surface area contributed by atoms with Crippen molar-refractivity contribution in [1.29, 1.82) is 0 Å². The third-order valence-corrected chi connectivity index (χ3v) is 5.37. The molecule has 0 bridgehead atoms. The van der Waals surface area contributed by atoms with Crippen molar-refractivity contribution in [2.75, 3.05) is 12.3 Å². The Morgan fingerprint density at radius 1 is 1.10 bits per heavy atom. The Hall–Kier alpha value is -1.80. The minimum atomic E-state index is 0.461. The van der Waals surface area contributed by atoms with Gasteiger partial charge in [0.25, 0.3) is 0 Å². The van der Waals surface area contributed by atoms with Gasteiger partial charge in [0.2, 0.25) is 0 Å². The van der Waals surface area contributed by atoms with Crippen molar-refractivity contribution in [3.05, 3.63) is 63.7 Å². The molecule has 0 amide bonds. The van der Waals surface area contributed by atoms with Gasteiger partial charge in [0.1, 0.15) is 0 Å². The van der Waals surface area contributed by atoms with Gasteiger partial charge in [-0.1, -0.05) is 30.3 Å². The molecule has 21 heavy (non-hydrogen) atoms. The number of hydrogen-bond donors (Lipinski definition) is 1. The van der Waals surface area contributed by atoms with Crippen LogP contribution in [0.1, 0.15) is 39.4 Å². The maximum Gasteiger partial charge on any atom is 0.0415 e. The highest BCUT2D eigenvalue weighted by atomic mass is 15.2. The summed E-state index contributed by atoms with van der Waals surface area (Å²) in [6, 6.07) is 11.7. The summed E-state index contributed by atoms with van der Waals surface area (Å²) in [7, 11) is 0. The topological polar surface area (TPSA) is 29.3 Å². The average molecular weight is 278 g/mol. The second kappa shape index (κ2) is 4.60. The zero-order chi connectivity index (χ0) is 14.6. The number of aryl methyl sites for hydroxylation is 1. The fourth-order valence-electron chi connectivity index (χ4n) is 4.00. The Morgan fingerprint density at radius 3 is 2.67 bits per heavy atom. The number of rotatable bonds is 0. The largest absolute Gasteiger partial charge is 0.398 e. The molecule has 0 radical (unpaired) electrons. The molecule has 0 aromatic heterocycles. The van der Waals surface area contributed by atoms with E-state index in [2.05, 4.69) is 49.1 Å². The molecule has 2 aliphatic rings. The van der Waals surface area contributed by atoms with Gasteiger partial charge < -0.3 is 5.73 Å². The molecule has 1 atom stereocenters. The zero-order valence-corrected chi connectivity index (χ0v) is 12.8. The molecule has 2 aromatic carbocycles. The van der Waals surface area contributed by atoms with Gasteiger partial charge in [0.15, 0.2) is 0 Å². The van der Waals surface area contributed by atoms with Crippen LogP contribution in [-0.2, 0) is 19.4 Å². The van der Waals surface area contributed by atoms with E-state index in [0.29, 0.717) is 6.04 Å². The van der Waals surface area contributed by atoms with E-state index in [1.165, 1.54) is 33.4 Å². The third kappa shape index (κ3) is 1.90. The Labute approximate surface area is 126 Å². The highest BCUT2D eigenvalue weighted by molar-refractivity contribution is 5.62. The smallest absolute Gasteiger partial charge is 0.0415 e. The van der Waals surface area contributed by atoms with Crippen LogP contribution in [0.25, 0.3) is 0 Å². The van der Waals surface area contributed by atoms with Crippen LogP contribution in [0, 0.1) is 13.8 Å². The number of benzene rings is 2. The van der Waals surface area contributed by atoms with E-state index in [9.17, 15) is 0 Å². The number of fused-ring (bicyclic) bond motifs is 4. The van der Waals surface area contributed by atoms with Crippen LogP contribution in [0.5, 0.6) is 0 Å². The SMILES string of the molecule is Cc1cc2c(c(N)c1C)C1Cc3ccccc3CN1CC2. The minimum Gasteiger partial charge on any atom is -0.398 e.